The summed E-state index contributed by atoms with van der Waals surface area (Å²) in [6.07, 6.45) is 0.998. The van der Waals surface area contributed by atoms with Crippen molar-refractivity contribution in [2.45, 2.75) is 25.9 Å². The monoisotopic (exact) mass is 329 g/mol. The quantitative estimate of drug-likeness (QED) is 0.927. The first-order chi connectivity index (χ1) is 11.5. The maximum Gasteiger partial charge on any atom is 0.317 e. The van der Waals surface area contributed by atoms with E-state index in [0.29, 0.717) is 11.7 Å². The highest BCUT2D eigenvalue weighted by molar-refractivity contribution is 5.74. The number of amides is 2. The van der Waals surface area contributed by atoms with Gasteiger partial charge in [0, 0.05) is 25.2 Å². The molecule has 2 amide bonds. The van der Waals surface area contributed by atoms with Gasteiger partial charge in [-0.3, -0.25) is 0 Å². The summed E-state index contributed by atoms with van der Waals surface area (Å²) in [5.74, 6) is 0.936. The maximum absolute atomic E-state index is 12.2. The number of nitrogens with one attached hydrogen (secondary N) is 1. The van der Waals surface area contributed by atoms with Crippen molar-refractivity contribution in [3.8, 4) is 11.4 Å². The fourth-order valence-corrected chi connectivity index (χ4v) is 2.90. The van der Waals surface area contributed by atoms with Gasteiger partial charge in [0.15, 0.2) is 0 Å². The summed E-state index contributed by atoms with van der Waals surface area (Å²) >= 11 is 0. The van der Waals surface area contributed by atoms with E-state index >= 15 is 0 Å². The lowest BCUT2D eigenvalue weighted by Crippen LogP contribution is -2.44. The molecule has 24 heavy (non-hydrogen) atoms. The number of urea groups is 1. The zero-order valence-electron chi connectivity index (χ0n) is 14.3. The van der Waals surface area contributed by atoms with Crippen LogP contribution in [-0.4, -0.2) is 59.2 Å². The van der Waals surface area contributed by atoms with E-state index in [9.17, 15) is 4.79 Å². The second kappa shape index (κ2) is 7.00. The molecule has 0 aliphatic carbocycles. The number of likely N-dealkylation sites (N-methyl/N-ethyl adjacent to an activating group) is 2. The van der Waals surface area contributed by atoms with Crippen LogP contribution in [0.4, 0.5) is 4.79 Å². The van der Waals surface area contributed by atoms with Crippen LogP contribution in [0.5, 0.6) is 0 Å². The van der Waals surface area contributed by atoms with Crippen molar-refractivity contribution in [2.75, 3.05) is 27.2 Å². The Morgan fingerprint density at radius 3 is 3.04 bits per heavy atom. The van der Waals surface area contributed by atoms with Crippen LogP contribution in [0.1, 0.15) is 17.9 Å². The molecule has 1 saturated heterocycles. The molecule has 1 N–H and O–H groups in total. The molecule has 1 fully saturated rings. The predicted molar refractivity (Wildman–Crippen MR) is 90.4 cm³/mol. The molecule has 1 aliphatic rings. The van der Waals surface area contributed by atoms with Gasteiger partial charge in [-0.15, -0.1) is 0 Å². The number of likely N-dealkylation sites (tertiary alicyclic amines) is 1. The van der Waals surface area contributed by atoms with Crippen molar-refractivity contribution in [1.82, 2.24) is 25.3 Å². The summed E-state index contributed by atoms with van der Waals surface area (Å²) in [7, 11) is 3.89. The number of carbonyl (C=O) groups is 1. The summed E-state index contributed by atoms with van der Waals surface area (Å²) in [5, 5.41) is 6.82. The molecule has 1 aromatic heterocycles. The number of aromatic nitrogens is 2. The van der Waals surface area contributed by atoms with E-state index in [-0.39, 0.29) is 18.6 Å². The van der Waals surface area contributed by atoms with Crippen molar-refractivity contribution < 1.29 is 9.32 Å². The molecule has 0 saturated carbocycles. The van der Waals surface area contributed by atoms with E-state index in [0.717, 1.165) is 30.6 Å². The molecular weight excluding hydrogens is 306 g/mol. The average molecular weight is 329 g/mol. The van der Waals surface area contributed by atoms with E-state index in [4.69, 9.17) is 4.52 Å². The number of hydrogen-bond donors (Lipinski definition) is 1. The molecule has 2 aromatic rings. The molecule has 1 aliphatic heterocycles. The predicted octanol–water partition coefficient (Wildman–Crippen LogP) is 1.89. The Labute approximate surface area is 141 Å². The second-order valence-electron chi connectivity index (χ2n) is 6.36. The van der Waals surface area contributed by atoms with E-state index < -0.39 is 0 Å². The van der Waals surface area contributed by atoms with Gasteiger partial charge in [-0.05, 0) is 33.0 Å². The first-order valence-corrected chi connectivity index (χ1v) is 8.12. The Balaban J connectivity index is 1.56. The fraction of sp³-hybridized carbons (Fsp3) is 0.471. The molecule has 0 spiro atoms. The third kappa shape index (κ3) is 3.73. The zero-order valence-corrected chi connectivity index (χ0v) is 14.3. The molecule has 0 bridgehead atoms. The van der Waals surface area contributed by atoms with Crippen LogP contribution in [0.2, 0.25) is 0 Å². The van der Waals surface area contributed by atoms with Crippen LogP contribution in [0.25, 0.3) is 11.4 Å². The molecule has 1 atom stereocenters. The highest BCUT2D eigenvalue weighted by Gasteiger charge is 2.26. The first kappa shape index (κ1) is 16.4. The standard InChI is InChI=1S/C17H23N5O2/c1-12-5-4-6-13(9-12)16-19-15(24-20-16)10-18-17(23)22(3)14-7-8-21(2)11-14/h4-6,9,14H,7-8,10-11H2,1-3H3,(H,18,23). The van der Waals surface area contributed by atoms with Crippen molar-refractivity contribution in [2.24, 2.45) is 0 Å². The van der Waals surface area contributed by atoms with E-state index in [1.165, 1.54) is 0 Å². The zero-order chi connectivity index (χ0) is 17.1. The van der Waals surface area contributed by atoms with Gasteiger partial charge < -0.3 is 19.6 Å². The van der Waals surface area contributed by atoms with E-state index in [2.05, 4.69) is 27.4 Å². The van der Waals surface area contributed by atoms with Crippen LogP contribution in [0.3, 0.4) is 0 Å². The van der Waals surface area contributed by atoms with Gasteiger partial charge in [-0.1, -0.05) is 28.9 Å². The Bertz CT molecular complexity index is 715. The number of hydrogen-bond acceptors (Lipinski definition) is 5. The molecule has 2 heterocycles. The maximum atomic E-state index is 12.2. The van der Waals surface area contributed by atoms with Crippen LogP contribution in [-0.2, 0) is 6.54 Å². The van der Waals surface area contributed by atoms with Gasteiger partial charge in [0.05, 0.1) is 6.54 Å². The highest BCUT2D eigenvalue weighted by Crippen LogP contribution is 2.17. The normalized spacial score (nSPS) is 17.9. The number of carbonyl (C=O) groups excluding carboxylic acids is 1. The van der Waals surface area contributed by atoms with Gasteiger partial charge in [-0.25, -0.2) is 4.79 Å². The number of benzene rings is 1. The largest absolute Gasteiger partial charge is 0.337 e. The van der Waals surface area contributed by atoms with Crippen molar-refractivity contribution >= 4 is 6.03 Å². The Morgan fingerprint density at radius 1 is 1.50 bits per heavy atom. The van der Waals surface area contributed by atoms with E-state index in [1.807, 2.05) is 38.2 Å². The number of nitrogens with zero attached hydrogens (tertiary/aromatic N) is 4. The van der Waals surface area contributed by atoms with Gasteiger partial charge in [0.1, 0.15) is 0 Å². The third-order valence-corrected chi connectivity index (χ3v) is 4.37. The molecule has 7 heteroatoms. The lowest BCUT2D eigenvalue weighted by molar-refractivity contribution is 0.188. The van der Waals surface area contributed by atoms with Crippen molar-refractivity contribution in [1.29, 1.82) is 0 Å². The van der Waals surface area contributed by atoms with Crippen LogP contribution in [0.15, 0.2) is 28.8 Å². The number of rotatable bonds is 4. The molecular formula is C17H23N5O2. The minimum atomic E-state index is -0.120. The van der Waals surface area contributed by atoms with Crippen LogP contribution in [0, 0.1) is 6.92 Å². The minimum absolute atomic E-state index is 0.120. The first-order valence-electron chi connectivity index (χ1n) is 8.12. The molecule has 128 valence electrons. The average Bonchev–Trinajstić information content (AvgIpc) is 3.21. The molecule has 7 nitrogen and oxygen atoms in total. The molecule has 3 rings (SSSR count). The molecule has 0 radical (unpaired) electrons. The van der Waals surface area contributed by atoms with Crippen LogP contribution < -0.4 is 5.32 Å². The van der Waals surface area contributed by atoms with Crippen molar-refractivity contribution in [3.63, 3.8) is 0 Å². The lowest BCUT2D eigenvalue weighted by atomic mass is 10.1. The van der Waals surface area contributed by atoms with Gasteiger partial charge in [-0.2, -0.15) is 4.98 Å². The molecule has 1 unspecified atom stereocenters. The Kier molecular flexibility index (Phi) is 4.80. The summed E-state index contributed by atoms with van der Waals surface area (Å²) in [6, 6.07) is 8.03. The Hall–Kier alpha value is -2.41. The van der Waals surface area contributed by atoms with Crippen LogP contribution >= 0.6 is 0 Å². The number of aryl methyl sites for hydroxylation is 1. The summed E-state index contributed by atoms with van der Waals surface area (Å²) in [6.45, 7) is 4.17. The van der Waals surface area contributed by atoms with E-state index in [1.54, 1.807) is 4.90 Å². The Morgan fingerprint density at radius 2 is 2.33 bits per heavy atom. The minimum Gasteiger partial charge on any atom is -0.337 e. The highest BCUT2D eigenvalue weighted by atomic mass is 16.5. The SMILES string of the molecule is Cc1cccc(-c2noc(CNC(=O)N(C)C3CCN(C)C3)n2)c1. The van der Waals surface area contributed by atoms with Crippen molar-refractivity contribution in [3.05, 3.63) is 35.7 Å². The molecule has 1 aromatic carbocycles. The topological polar surface area (TPSA) is 74.5 Å². The lowest BCUT2D eigenvalue weighted by Gasteiger charge is -2.24. The van der Waals surface area contributed by atoms with Gasteiger partial charge in [0.2, 0.25) is 11.7 Å². The second-order valence-corrected chi connectivity index (χ2v) is 6.36. The smallest absolute Gasteiger partial charge is 0.317 e. The third-order valence-electron chi connectivity index (χ3n) is 4.37. The summed E-state index contributed by atoms with van der Waals surface area (Å²) in [5.41, 5.74) is 2.04. The van der Waals surface area contributed by atoms with Gasteiger partial charge >= 0.3 is 6.03 Å². The summed E-state index contributed by atoms with van der Waals surface area (Å²) in [4.78, 5) is 20.6. The van der Waals surface area contributed by atoms with Gasteiger partial charge in [0.25, 0.3) is 0 Å². The fourth-order valence-electron chi connectivity index (χ4n) is 2.90. The summed E-state index contributed by atoms with van der Waals surface area (Å²) < 4.78 is 5.23.